The van der Waals surface area contributed by atoms with E-state index in [-0.39, 0.29) is 17.2 Å². The van der Waals surface area contributed by atoms with Crippen LogP contribution in [-0.2, 0) is 27.7 Å². The van der Waals surface area contributed by atoms with Gasteiger partial charge in [0.05, 0.1) is 22.7 Å². The predicted octanol–water partition coefficient (Wildman–Crippen LogP) is 3.49. The predicted molar refractivity (Wildman–Crippen MR) is 125 cm³/mol. The molecule has 32 heavy (non-hydrogen) atoms. The van der Waals surface area contributed by atoms with Crippen molar-refractivity contribution in [2.24, 2.45) is 0 Å². The number of carbonyl (C=O) groups is 1. The van der Waals surface area contributed by atoms with E-state index in [0.29, 0.717) is 18.0 Å². The first-order valence-electron chi connectivity index (χ1n) is 10.3. The molecule has 168 valence electrons. The van der Waals surface area contributed by atoms with Gasteiger partial charge in [0.15, 0.2) is 0 Å². The van der Waals surface area contributed by atoms with Crippen LogP contribution in [0.5, 0.6) is 0 Å². The van der Waals surface area contributed by atoms with Crippen LogP contribution in [0.15, 0.2) is 41.3 Å². The number of hydrogen-bond acceptors (Lipinski definition) is 4. The molecule has 1 N–H and O–H groups in total. The number of anilines is 1. The SMILES string of the molecule is CNS(=O)(=O)c1ccc2c(c1)CCN2C(=O)Cc1c(C)nn(-c2ccc(C)c(Cl)c2)c1C. The molecule has 1 aliphatic rings. The number of sulfonamides is 1. The smallest absolute Gasteiger partial charge is 0.240 e. The highest BCUT2D eigenvalue weighted by Crippen LogP contribution is 2.31. The molecule has 0 aliphatic carbocycles. The van der Waals surface area contributed by atoms with Crippen LogP contribution in [0.1, 0.15) is 28.1 Å². The fraction of sp³-hybridized carbons (Fsp3) is 0.304. The molecule has 0 saturated carbocycles. The lowest BCUT2D eigenvalue weighted by Crippen LogP contribution is -2.30. The van der Waals surface area contributed by atoms with Gasteiger partial charge >= 0.3 is 0 Å². The molecule has 3 aromatic rings. The van der Waals surface area contributed by atoms with Gasteiger partial charge in [-0.3, -0.25) is 4.79 Å². The first kappa shape index (κ1) is 22.5. The summed E-state index contributed by atoms with van der Waals surface area (Å²) in [7, 11) is -2.14. The van der Waals surface area contributed by atoms with E-state index in [9.17, 15) is 13.2 Å². The molecule has 1 amide bonds. The maximum absolute atomic E-state index is 13.2. The number of rotatable bonds is 5. The average Bonchev–Trinajstić information content (AvgIpc) is 3.31. The Morgan fingerprint density at radius 1 is 1.16 bits per heavy atom. The number of halogens is 1. The largest absolute Gasteiger partial charge is 0.312 e. The monoisotopic (exact) mass is 472 g/mol. The number of carbonyl (C=O) groups excluding carboxylic acids is 1. The third kappa shape index (κ3) is 3.94. The first-order valence-corrected chi connectivity index (χ1v) is 12.2. The molecule has 1 aromatic heterocycles. The highest BCUT2D eigenvalue weighted by molar-refractivity contribution is 7.89. The standard InChI is InChI=1S/C23H25ClN4O3S/c1-14-5-6-18(12-21(14)24)28-16(3)20(15(2)26-28)13-23(29)27-10-9-17-11-19(7-8-22(17)27)32(30,31)25-4/h5-8,11-12,25H,9-10,13H2,1-4H3. The Morgan fingerprint density at radius 2 is 1.91 bits per heavy atom. The van der Waals surface area contributed by atoms with Crippen LogP contribution < -0.4 is 9.62 Å². The van der Waals surface area contributed by atoms with Crippen LogP contribution in [0.4, 0.5) is 5.69 Å². The van der Waals surface area contributed by atoms with E-state index in [1.54, 1.807) is 17.0 Å². The maximum atomic E-state index is 13.2. The molecule has 7 nitrogen and oxygen atoms in total. The van der Waals surface area contributed by atoms with Crippen molar-refractivity contribution in [1.29, 1.82) is 0 Å². The summed E-state index contributed by atoms with van der Waals surface area (Å²) >= 11 is 6.29. The number of aromatic nitrogens is 2. The summed E-state index contributed by atoms with van der Waals surface area (Å²) in [6.45, 7) is 6.32. The van der Waals surface area contributed by atoms with E-state index in [1.807, 2.05) is 43.7 Å². The van der Waals surface area contributed by atoms with Gasteiger partial charge in [0.1, 0.15) is 0 Å². The van der Waals surface area contributed by atoms with Gasteiger partial charge < -0.3 is 4.90 Å². The number of aryl methyl sites for hydroxylation is 2. The zero-order chi connectivity index (χ0) is 23.2. The van der Waals surface area contributed by atoms with Gasteiger partial charge in [0.25, 0.3) is 0 Å². The normalized spacial score (nSPS) is 13.5. The molecule has 4 rings (SSSR count). The molecule has 0 fully saturated rings. The van der Waals surface area contributed by atoms with Crippen molar-refractivity contribution in [3.63, 3.8) is 0 Å². The van der Waals surface area contributed by atoms with Gasteiger partial charge in [-0.2, -0.15) is 5.10 Å². The molecule has 0 spiro atoms. The van der Waals surface area contributed by atoms with E-state index in [0.717, 1.165) is 39.5 Å². The number of benzene rings is 2. The van der Waals surface area contributed by atoms with Gasteiger partial charge in [-0.25, -0.2) is 17.8 Å². The number of amides is 1. The van der Waals surface area contributed by atoms with Crippen molar-refractivity contribution in [2.45, 2.75) is 38.5 Å². The average molecular weight is 473 g/mol. The third-order valence-corrected chi connectivity index (χ3v) is 7.81. The van der Waals surface area contributed by atoms with Crippen LogP contribution in [-0.4, -0.2) is 37.7 Å². The summed E-state index contributed by atoms with van der Waals surface area (Å²) in [5.41, 5.74) is 6.03. The van der Waals surface area contributed by atoms with Crippen LogP contribution in [0.3, 0.4) is 0 Å². The Bertz CT molecular complexity index is 1330. The van der Waals surface area contributed by atoms with Crippen molar-refractivity contribution >= 4 is 33.2 Å². The molecule has 9 heteroatoms. The summed E-state index contributed by atoms with van der Waals surface area (Å²) in [6, 6.07) is 10.7. The maximum Gasteiger partial charge on any atom is 0.240 e. The summed E-state index contributed by atoms with van der Waals surface area (Å²) in [5.74, 6) is -0.0411. The minimum Gasteiger partial charge on any atom is -0.312 e. The molecule has 0 atom stereocenters. The molecule has 2 heterocycles. The zero-order valence-electron chi connectivity index (χ0n) is 18.4. The van der Waals surface area contributed by atoms with E-state index >= 15 is 0 Å². The topological polar surface area (TPSA) is 84.3 Å². The van der Waals surface area contributed by atoms with Gasteiger partial charge in [-0.05, 0) is 75.7 Å². The lowest BCUT2D eigenvalue weighted by molar-refractivity contribution is -0.117. The van der Waals surface area contributed by atoms with Crippen molar-refractivity contribution in [3.05, 3.63) is 69.5 Å². The second-order valence-corrected chi connectivity index (χ2v) is 10.3. The van der Waals surface area contributed by atoms with Crippen molar-refractivity contribution in [2.75, 3.05) is 18.5 Å². The molecule has 0 bridgehead atoms. The van der Waals surface area contributed by atoms with E-state index < -0.39 is 10.0 Å². The fourth-order valence-corrected chi connectivity index (χ4v) is 5.02. The number of hydrogen-bond donors (Lipinski definition) is 1. The Balaban J connectivity index is 1.60. The van der Waals surface area contributed by atoms with E-state index in [2.05, 4.69) is 9.82 Å². The molecule has 2 aromatic carbocycles. The van der Waals surface area contributed by atoms with E-state index in [1.165, 1.54) is 13.1 Å². The Kier molecular flexibility index (Phi) is 5.87. The van der Waals surface area contributed by atoms with Gasteiger partial charge in [-0.1, -0.05) is 17.7 Å². The molecule has 0 saturated heterocycles. The molecule has 0 unspecified atom stereocenters. The first-order chi connectivity index (χ1) is 15.1. The highest BCUT2D eigenvalue weighted by Gasteiger charge is 2.28. The molecule has 1 aliphatic heterocycles. The van der Waals surface area contributed by atoms with Crippen LogP contribution in [0, 0.1) is 20.8 Å². The van der Waals surface area contributed by atoms with Crippen molar-refractivity contribution < 1.29 is 13.2 Å². The Hall–Kier alpha value is -2.68. The third-order valence-electron chi connectivity index (χ3n) is 6.00. The Labute approximate surface area is 193 Å². The fourth-order valence-electron chi connectivity index (χ4n) is 4.06. The summed E-state index contributed by atoms with van der Waals surface area (Å²) < 4.78 is 28.3. The van der Waals surface area contributed by atoms with Gasteiger partial charge in [-0.15, -0.1) is 0 Å². The summed E-state index contributed by atoms with van der Waals surface area (Å²) in [4.78, 5) is 15.1. The van der Waals surface area contributed by atoms with Crippen LogP contribution >= 0.6 is 11.6 Å². The molecule has 0 radical (unpaired) electrons. The highest BCUT2D eigenvalue weighted by atomic mass is 35.5. The Morgan fingerprint density at radius 3 is 2.59 bits per heavy atom. The second kappa shape index (κ2) is 8.35. The minimum absolute atomic E-state index is 0.0411. The second-order valence-electron chi connectivity index (χ2n) is 7.96. The molecular weight excluding hydrogens is 448 g/mol. The molecular formula is C23H25ClN4O3S. The van der Waals surface area contributed by atoms with Gasteiger partial charge in [0, 0.05) is 28.5 Å². The van der Waals surface area contributed by atoms with E-state index in [4.69, 9.17) is 11.6 Å². The zero-order valence-corrected chi connectivity index (χ0v) is 20.0. The number of fused-ring (bicyclic) bond motifs is 1. The number of nitrogens with one attached hydrogen (secondary N) is 1. The van der Waals surface area contributed by atoms with Crippen molar-refractivity contribution in [3.8, 4) is 5.69 Å². The van der Waals surface area contributed by atoms with Gasteiger partial charge in [0.2, 0.25) is 15.9 Å². The number of nitrogens with zero attached hydrogens (tertiary/aromatic N) is 3. The quantitative estimate of drug-likeness (QED) is 0.616. The van der Waals surface area contributed by atoms with Crippen LogP contribution in [0.2, 0.25) is 5.02 Å². The van der Waals surface area contributed by atoms with Crippen molar-refractivity contribution in [1.82, 2.24) is 14.5 Å². The summed E-state index contributed by atoms with van der Waals surface area (Å²) in [6.07, 6.45) is 0.834. The summed E-state index contributed by atoms with van der Waals surface area (Å²) in [5, 5.41) is 5.30. The minimum atomic E-state index is -3.52. The van der Waals surface area contributed by atoms with Crippen LogP contribution in [0.25, 0.3) is 5.69 Å². The lowest BCUT2D eigenvalue weighted by Gasteiger charge is -2.18. The lowest BCUT2D eigenvalue weighted by atomic mass is 10.1.